The van der Waals surface area contributed by atoms with Gasteiger partial charge in [0.2, 0.25) is 5.91 Å². The maximum Gasteiger partial charge on any atom is 0.410 e. The van der Waals surface area contributed by atoms with Gasteiger partial charge in [0.15, 0.2) is 0 Å². The van der Waals surface area contributed by atoms with Crippen molar-refractivity contribution >= 4 is 40.4 Å². The molecular formula is C26H27ClN4O4. The third kappa shape index (κ3) is 5.22. The van der Waals surface area contributed by atoms with Crippen LogP contribution in [0.1, 0.15) is 41.0 Å². The number of fused-ring (bicyclic) bond motifs is 1. The zero-order chi connectivity index (χ0) is 25.1. The summed E-state index contributed by atoms with van der Waals surface area (Å²) in [5.41, 5.74) is 8.21. The molecule has 0 saturated carbocycles. The first-order valence-electron chi connectivity index (χ1n) is 11.5. The molecule has 182 valence electrons. The van der Waals surface area contributed by atoms with Gasteiger partial charge in [-0.25, -0.2) is 9.78 Å². The van der Waals surface area contributed by atoms with Gasteiger partial charge in [-0.15, -0.1) is 0 Å². The van der Waals surface area contributed by atoms with Gasteiger partial charge in [-0.3, -0.25) is 9.59 Å². The van der Waals surface area contributed by atoms with E-state index in [-0.39, 0.29) is 18.0 Å². The van der Waals surface area contributed by atoms with Crippen LogP contribution in [0.2, 0.25) is 5.02 Å². The number of rotatable bonds is 5. The van der Waals surface area contributed by atoms with E-state index in [2.05, 4.69) is 0 Å². The molecule has 1 atom stereocenters. The van der Waals surface area contributed by atoms with E-state index in [1.807, 2.05) is 13.8 Å². The lowest BCUT2D eigenvalue weighted by Crippen LogP contribution is -2.55. The molecule has 2 aromatic carbocycles. The smallest absolute Gasteiger partial charge is 0.410 e. The summed E-state index contributed by atoms with van der Waals surface area (Å²) < 4.78 is 5.25. The Balaban J connectivity index is 1.55. The SMILES string of the molecule is CCCOC(=O)N1CCN(C(=O)c2ccc3c(Cl)cc(-c4ccc(C(N)=O)cc4)nc3c2)C[C@@H]1C. The minimum Gasteiger partial charge on any atom is -0.449 e. The van der Waals surface area contributed by atoms with E-state index in [1.54, 1.807) is 58.3 Å². The van der Waals surface area contributed by atoms with Crippen LogP contribution in [-0.4, -0.2) is 65.0 Å². The Labute approximate surface area is 208 Å². The van der Waals surface area contributed by atoms with Gasteiger partial charge in [-0.05, 0) is 43.7 Å². The fourth-order valence-electron chi connectivity index (χ4n) is 4.14. The van der Waals surface area contributed by atoms with Crippen molar-refractivity contribution in [2.75, 3.05) is 26.2 Å². The standard InChI is InChI=1S/C26H27ClN4O4/c1-3-12-35-26(34)31-11-10-30(15-16(31)2)25(33)19-8-9-20-21(27)14-22(29-23(20)13-19)17-4-6-18(7-5-17)24(28)32/h4-9,13-14,16H,3,10-12,15H2,1-2H3,(H2,28,32)/t16-/m0/s1. The van der Waals surface area contributed by atoms with Crippen LogP contribution in [0.5, 0.6) is 0 Å². The van der Waals surface area contributed by atoms with Crippen molar-refractivity contribution in [2.24, 2.45) is 5.73 Å². The number of primary amides is 1. The molecule has 9 heteroatoms. The molecule has 1 fully saturated rings. The van der Waals surface area contributed by atoms with Gasteiger partial charge in [-0.1, -0.05) is 36.7 Å². The average Bonchev–Trinajstić information content (AvgIpc) is 2.86. The number of hydrogen-bond acceptors (Lipinski definition) is 5. The van der Waals surface area contributed by atoms with Crippen LogP contribution < -0.4 is 5.73 Å². The zero-order valence-electron chi connectivity index (χ0n) is 19.7. The second kappa shape index (κ2) is 10.3. The van der Waals surface area contributed by atoms with Crippen molar-refractivity contribution in [3.63, 3.8) is 0 Å². The maximum absolute atomic E-state index is 13.3. The number of piperazine rings is 1. The molecule has 1 aliphatic heterocycles. The van der Waals surface area contributed by atoms with Gasteiger partial charge in [-0.2, -0.15) is 0 Å². The Hall–Kier alpha value is -3.65. The molecule has 3 amide bonds. The molecule has 2 heterocycles. The van der Waals surface area contributed by atoms with Crippen molar-refractivity contribution in [1.82, 2.24) is 14.8 Å². The van der Waals surface area contributed by atoms with Gasteiger partial charge in [0.05, 0.1) is 22.8 Å². The fourth-order valence-corrected chi connectivity index (χ4v) is 4.40. The Bertz CT molecular complexity index is 1280. The summed E-state index contributed by atoms with van der Waals surface area (Å²) in [5, 5.41) is 1.24. The van der Waals surface area contributed by atoms with Gasteiger partial charge in [0.1, 0.15) is 0 Å². The lowest BCUT2D eigenvalue weighted by molar-refractivity contribution is 0.0412. The van der Waals surface area contributed by atoms with E-state index in [1.165, 1.54) is 0 Å². The highest BCUT2D eigenvalue weighted by molar-refractivity contribution is 6.35. The predicted octanol–water partition coefficient (Wildman–Crippen LogP) is 4.35. The van der Waals surface area contributed by atoms with Crippen molar-refractivity contribution < 1.29 is 19.1 Å². The number of hydrogen-bond donors (Lipinski definition) is 1. The molecule has 0 unspecified atom stereocenters. The van der Waals surface area contributed by atoms with Gasteiger partial charge < -0.3 is 20.3 Å². The number of pyridine rings is 1. The number of nitrogens with two attached hydrogens (primary N) is 1. The lowest BCUT2D eigenvalue weighted by Gasteiger charge is -2.39. The van der Waals surface area contributed by atoms with Crippen LogP contribution in [0.25, 0.3) is 22.2 Å². The number of nitrogens with zero attached hydrogens (tertiary/aromatic N) is 3. The van der Waals surface area contributed by atoms with E-state index in [9.17, 15) is 14.4 Å². The van der Waals surface area contributed by atoms with E-state index in [4.69, 9.17) is 27.1 Å². The number of aromatic nitrogens is 1. The second-order valence-corrected chi connectivity index (χ2v) is 8.98. The summed E-state index contributed by atoms with van der Waals surface area (Å²) in [5.74, 6) is -0.633. The highest BCUT2D eigenvalue weighted by atomic mass is 35.5. The summed E-state index contributed by atoms with van der Waals surface area (Å²) in [6, 6.07) is 13.6. The molecule has 0 radical (unpaired) electrons. The number of carbonyl (C=O) groups excluding carboxylic acids is 3. The maximum atomic E-state index is 13.3. The van der Waals surface area contributed by atoms with E-state index in [0.29, 0.717) is 53.6 Å². The molecule has 0 bridgehead atoms. The minimum absolute atomic E-state index is 0.130. The van der Waals surface area contributed by atoms with Gasteiger partial charge in [0.25, 0.3) is 5.91 Å². The molecule has 1 saturated heterocycles. The van der Waals surface area contributed by atoms with E-state index < -0.39 is 5.91 Å². The third-order valence-corrected chi connectivity index (χ3v) is 6.36. The van der Waals surface area contributed by atoms with Crippen LogP contribution in [-0.2, 0) is 4.74 Å². The summed E-state index contributed by atoms with van der Waals surface area (Å²) >= 11 is 6.52. The topological polar surface area (TPSA) is 106 Å². The molecule has 3 aromatic rings. The number of halogens is 1. The second-order valence-electron chi connectivity index (χ2n) is 8.57. The Morgan fingerprint density at radius 1 is 1.09 bits per heavy atom. The molecule has 0 spiro atoms. The summed E-state index contributed by atoms with van der Waals surface area (Å²) in [6.45, 7) is 5.49. The lowest BCUT2D eigenvalue weighted by atomic mass is 10.1. The van der Waals surface area contributed by atoms with Gasteiger partial charge in [0, 0.05) is 47.8 Å². The fraction of sp³-hybridized carbons (Fsp3) is 0.308. The van der Waals surface area contributed by atoms with Crippen LogP contribution in [0.4, 0.5) is 4.79 Å². The van der Waals surface area contributed by atoms with Crippen molar-refractivity contribution in [1.29, 1.82) is 0 Å². The largest absolute Gasteiger partial charge is 0.449 e. The number of carbonyl (C=O) groups is 3. The molecule has 0 aliphatic carbocycles. The van der Waals surface area contributed by atoms with E-state index in [0.717, 1.165) is 17.4 Å². The Kier molecular flexibility index (Phi) is 7.21. The number of ether oxygens (including phenoxy) is 1. The monoisotopic (exact) mass is 494 g/mol. The number of benzene rings is 2. The van der Waals surface area contributed by atoms with Crippen molar-refractivity contribution in [3.8, 4) is 11.3 Å². The number of amides is 3. The molecule has 35 heavy (non-hydrogen) atoms. The zero-order valence-corrected chi connectivity index (χ0v) is 20.4. The molecule has 8 nitrogen and oxygen atoms in total. The van der Waals surface area contributed by atoms with Crippen LogP contribution in [0.15, 0.2) is 48.5 Å². The first-order chi connectivity index (χ1) is 16.8. The Morgan fingerprint density at radius 2 is 1.80 bits per heavy atom. The minimum atomic E-state index is -0.503. The first kappa shape index (κ1) is 24.5. The normalized spacial score (nSPS) is 15.8. The van der Waals surface area contributed by atoms with Crippen molar-refractivity contribution in [2.45, 2.75) is 26.3 Å². The summed E-state index contributed by atoms with van der Waals surface area (Å²) in [7, 11) is 0. The van der Waals surface area contributed by atoms with E-state index >= 15 is 0 Å². The highest BCUT2D eigenvalue weighted by Gasteiger charge is 2.31. The first-order valence-corrected chi connectivity index (χ1v) is 11.9. The predicted molar refractivity (Wildman–Crippen MR) is 134 cm³/mol. The Morgan fingerprint density at radius 3 is 2.46 bits per heavy atom. The quantitative estimate of drug-likeness (QED) is 0.567. The summed E-state index contributed by atoms with van der Waals surface area (Å²) in [6.07, 6.45) is 0.423. The molecule has 1 aromatic heterocycles. The third-order valence-electron chi connectivity index (χ3n) is 6.05. The molecule has 1 aliphatic rings. The van der Waals surface area contributed by atoms with Crippen LogP contribution >= 0.6 is 11.6 Å². The molecule has 2 N–H and O–H groups in total. The van der Waals surface area contributed by atoms with Crippen LogP contribution in [0.3, 0.4) is 0 Å². The van der Waals surface area contributed by atoms with Gasteiger partial charge >= 0.3 is 6.09 Å². The molecule has 4 rings (SSSR count). The van der Waals surface area contributed by atoms with Crippen molar-refractivity contribution in [3.05, 3.63) is 64.7 Å². The highest BCUT2D eigenvalue weighted by Crippen LogP contribution is 2.29. The summed E-state index contributed by atoms with van der Waals surface area (Å²) in [4.78, 5) is 45.0. The van der Waals surface area contributed by atoms with Crippen LogP contribution in [0, 0.1) is 0 Å². The molecular weight excluding hydrogens is 468 g/mol. The average molecular weight is 495 g/mol.